The summed E-state index contributed by atoms with van der Waals surface area (Å²) in [7, 11) is 0.106. The fourth-order valence-corrected chi connectivity index (χ4v) is 5.90. The van der Waals surface area contributed by atoms with E-state index < -0.39 is 0 Å². The lowest BCUT2D eigenvalue weighted by molar-refractivity contribution is 0.459. The fourth-order valence-electron chi connectivity index (χ4n) is 5.90. The number of rotatable bonds is 10. The van der Waals surface area contributed by atoms with Gasteiger partial charge in [0.15, 0.2) is 0 Å². The average molecular weight is 645 g/mol. The molecule has 0 amide bonds. The molecule has 6 aromatic carbocycles. The summed E-state index contributed by atoms with van der Waals surface area (Å²) in [6.07, 6.45) is 0. The second kappa shape index (κ2) is 14.4. The number of hydrogen-bond donors (Lipinski definition) is 0. The Morgan fingerprint density at radius 2 is 0.551 bits per heavy atom. The highest BCUT2D eigenvalue weighted by molar-refractivity contribution is 6.20. The Balaban J connectivity index is 1.17. The SMILES string of the molecule is Cc1ccc(N(c2ccc(OBOc3ccc(N(c4ccc(C)c(C)c4)c4ccc(C)c(C)c4)cc3)cc2)c2ccc(C)c(C)c2)cc1C. The van der Waals surface area contributed by atoms with Gasteiger partial charge in [-0.05, 0) is 197 Å². The van der Waals surface area contributed by atoms with Gasteiger partial charge in [-0.15, -0.1) is 0 Å². The molecule has 0 aliphatic heterocycles. The number of anilines is 6. The van der Waals surface area contributed by atoms with Crippen molar-refractivity contribution in [3.05, 3.63) is 166 Å². The van der Waals surface area contributed by atoms with E-state index in [-0.39, 0.29) is 7.69 Å². The average Bonchev–Trinajstić information content (AvgIpc) is 3.09. The number of hydrogen-bond acceptors (Lipinski definition) is 4. The molecule has 0 aliphatic rings. The third-order valence-electron chi connectivity index (χ3n) is 9.64. The van der Waals surface area contributed by atoms with Crippen LogP contribution in [0.1, 0.15) is 44.5 Å². The van der Waals surface area contributed by atoms with Crippen LogP contribution in [0.4, 0.5) is 34.1 Å². The Morgan fingerprint density at radius 3 is 0.796 bits per heavy atom. The van der Waals surface area contributed by atoms with Gasteiger partial charge in [0, 0.05) is 34.1 Å². The molecule has 0 radical (unpaired) electrons. The van der Waals surface area contributed by atoms with Gasteiger partial charge in [-0.25, -0.2) is 0 Å². The van der Waals surface area contributed by atoms with Crippen molar-refractivity contribution in [1.82, 2.24) is 0 Å². The minimum atomic E-state index is 0.106. The van der Waals surface area contributed by atoms with E-state index in [9.17, 15) is 0 Å². The summed E-state index contributed by atoms with van der Waals surface area (Å²) in [5.41, 5.74) is 16.8. The zero-order valence-electron chi connectivity index (χ0n) is 30.0. The van der Waals surface area contributed by atoms with Crippen LogP contribution in [0.5, 0.6) is 11.5 Å². The fraction of sp³-hybridized carbons (Fsp3) is 0.182. The molecule has 0 aromatic heterocycles. The molecular formula is C44H45BN2O2. The predicted octanol–water partition coefficient (Wildman–Crippen LogP) is 11.8. The van der Waals surface area contributed by atoms with Crippen molar-refractivity contribution in [1.29, 1.82) is 0 Å². The Hall–Kier alpha value is -5.42. The van der Waals surface area contributed by atoms with Crippen molar-refractivity contribution in [2.45, 2.75) is 55.4 Å². The summed E-state index contributed by atoms with van der Waals surface area (Å²) < 4.78 is 12.1. The third kappa shape index (κ3) is 7.52. The first-order valence-corrected chi connectivity index (χ1v) is 16.9. The van der Waals surface area contributed by atoms with Gasteiger partial charge < -0.3 is 19.1 Å². The predicted molar refractivity (Wildman–Crippen MR) is 209 cm³/mol. The Morgan fingerprint density at radius 1 is 0.306 bits per heavy atom. The third-order valence-corrected chi connectivity index (χ3v) is 9.64. The van der Waals surface area contributed by atoms with Gasteiger partial charge in [-0.3, -0.25) is 0 Å². The first-order valence-electron chi connectivity index (χ1n) is 16.9. The smallest absolute Gasteiger partial charge is 0.529 e. The van der Waals surface area contributed by atoms with E-state index in [1.807, 2.05) is 24.3 Å². The highest BCUT2D eigenvalue weighted by atomic mass is 16.6. The second-order valence-corrected chi connectivity index (χ2v) is 13.1. The molecule has 0 spiro atoms. The van der Waals surface area contributed by atoms with Gasteiger partial charge in [0.05, 0.1) is 0 Å². The molecule has 0 heterocycles. The Labute approximate surface area is 292 Å². The molecule has 0 unspecified atom stereocenters. The Bertz CT molecular complexity index is 1830. The summed E-state index contributed by atoms with van der Waals surface area (Å²) in [5.74, 6) is 1.49. The topological polar surface area (TPSA) is 24.9 Å². The van der Waals surface area contributed by atoms with Crippen LogP contribution in [-0.4, -0.2) is 7.69 Å². The van der Waals surface area contributed by atoms with Gasteiger partial charge in [0.2, 0.25) is 0 Å². The molecular weight excluding hydrogens is 599 g/mol. The summed E-state index contributed by atoms with van der Waals surface area (Å²) >= 11 is 0. The molecule has 0 fully saturated rings. The van der Waals surface area contributed by atoms with E-state index in [4.69, 9.17) is 9.31 Å². The quantitative estimate of drug-likeness (QED) is 0.139. The van der Waals surface area contributed by atoms with Crippen LogP contribution in [0, 0.1) is 55.4 Å². The van der Waals surface area contributed by atoms with E-state index in [0.717, 1.165) is 45.6 Å². The monoisotopic (exact) mass is 644 g/mol. The molecule has 6 rings (SSSR count). The maximum Gasteiger partial charge on any atom is 0.576 e. The van der Waals surface area contributed by atoms with E-state index in [0.29, 0.717) is 0 Å². The standard InChI is InChI=1S/C44H45BN2O2/c1-29-9-13-39(25-33(29)5)46(40-14-10-30(2)34(6)26-40)37-17-21-43(22-18-37)48-45-49-44-23-19-38(20-24-44)47(41-15-11-31(3)35(7)27-41)42-16-12-32(4)36(8)28-42/h9-28,45H,1-8H3. The number of aryl methyl sites for hydroxylation is 8. The van der Waals surface area contributed by atoms with E-state index in [2.05, 4.69) is 162 Å². The van der Waals surface area contributed by atoms with E-state index in [1.165, 1.54) is 44.5 Å². The van der Waals surface area contributed by atoms with Gasteiger partial charge in [-0.1, -0.05) is 24.3 Å². The van der Waals surface area contributed by atoms with Crippen LogP contribution in [-0.2, 0) is 0 Å². The minimum Gasteiger partial charge on any atom is -0.529 e. The van der Waals surface area contributed by atoms with Crippen molar-refractivity contribution in [2.75, 3.05) is 9.80 Å². The van der Waals surface area contributed by atoms with E-state index in [1.54, 1.807) is 0 Å². The molecule has 0 saturated carbocycles. The van der Waals surface area contributed by atoms with Crippen molar-refractivity contribution in [3.63, 3.8) is 0 Å². The second-order valence-electron chi connectivity index (χ2n) is 13.1. The first-order chi connectivity index (χ1) is 23.6. The lowest BCUT2D eigenvalue weighted by Gasteiger charge is -2.27. The van der Waals surface area contributed by atoms with E-state index >= 15 is 0 Å². The molecule has 246 valence electrons. The zero-order chi connectivity index (χ0) is 34.7. The molecule has 0 N–H and O–H groups in total. The van der Waals surface area contributed by atoms with Crippen LogP contribution in [0.2, 0.25) is 0 Å². The highest BCUT2D eigenvalue weighted by Gasteiger charge is 2.16. The van der Waals surface area contributed by atoms with Crippen molar-refractivity contribution in [2.24, 2.45) is 0 Å². The molecule has 0 atom stereocenters. The maximum atomic E-state index is 6.04. The Kier molecular flexibility index (Phi) is 9.82. The lowest BCUT2D eigenvalue weighted by Crippen LogP contribution is -2.13. The molecule has 49 heavy (non-hydrogen) atoms. The number of nitrogens with zero attached hydrogens (tertiary/aromatic N) is 2. The minimum absolute atomic E-state index is 0.106. The summed E-state index contributed by atoms with van der Waals surface area (Å²) in [4.78, 5) is 4.58. The van der Waals surface area contributed by atoms with Crippen molar-refractivity contribution in [3.8, 4) is 11.5 Å². The first kappa shape index (κ1) is 33.5. The van der Waals surface area contributed by atoms with Gasteiger partial charge in [-0.2, -0.15) is 0 Å². The van der Waals surface area contributed by atoms with Crippen LogP contribution in [0.25, 0.3) is 0 Å². The van der Waals surface area contributed by atoms with Crippen LogP contribution >= 0.6 is 0 Å². The maximum absolute atomic E-state index is 6.04. The van der Waals surface area contributed by atoms with Gasteiger partial charge in [0.1, 0.15) is 11.5 Å². The summed E-state index contributed by atoms with van der Waals surface area (Å²) in [5, 5.41) is 0. The normalized spacial score (nSPS) is 10.9. The number of benzene rings is 6. The molecule has 0 bridgehead atoms. The molecule has 5 heteroatoms. The summed E-state index contributed by atoms with van der Waals surface area (Å²) in [6.45, 7) is 17.2. The van der Waals surface area contributed by atoms with Crippen LogP contribution < -0.4 is 19.1 Å². The van der Waals surface area contributed by atoms with Gasteiger partial charge >= 0.3 is 7.69 Å². The molecule has 0 aliphatic carbocycles. The molecule has 6 aromatic rings. The van der Waals surface area contributed by atoms with Crippen LogP contribution in [0.3, 0.4) is 0 Å². The zero-order valence-corrected chi connectivity index (χ0v) is 30.0. The molecule has 0 saturated heterocycles. The van der Waals surface area contributed by atoms with Gasteiger partial charge in [0.25, 0.3) is 0 Å². The molecule has 4 nitrogen and oxygen atoms in total. The highest BCUT2D eigenvalue weighted by Crippen LogP contribution is 2.38. The van der Waals surface area contributed by atoms with Crippen LogP contribution in [0.15, 0.2) is 121 Å². The summed E-state index contributed by atoms with van der Waals surface area (Å²) in [6, 6.07) is 42.9. The van der Waals surface area contributed by atoms with Crippen molar-refractivity contribution >= 4 is 41.8 Å². The largest absolute Gasteiger partial charge is 0.576 e. The lowest BCUT2D eigenvalue weighted by atomic mass is 10.1. The van der Waals surface area contributed by atoms with Crippen molar-refractivity contribution < 1.29 is 9.31 Å².